The van der Waals surface area contributed by atoms with Crippen LogP contribution in [0.5, 0.6) is 28.7 Å². The predicted molar refractivity (Wildman–Crippen MR) is 95.8 cm³/mol. The highest BCUT2D eigenvalue weighted by Gasteiger charge is 2.31. The van der Waals surface area contributed by atoms with Crippen molar-refractivity contribution in [3.05, 3.63) is 64.0 Å². The van der Waals surface area contributed by atoms with Gasteiger partial charge in [0.2, 0.25) is 29.1 Å². The van der Waals surface area contributed by atoms with Crippen LogP contribution in [0.1, 0.15) is 0 Å². The van der Waals surface area contributed by atoms with Crippen LogP contribution in [-0.2, 0) is 0 Å². The van der Waals surface area contributed by atoms with E-state index in [9.17, 15) is 48.3 Å². The molecule has 5 nitrogen and oxygen atoms in total. The van der Waals surface area contributed by atoms with Crippen LogP contribution in [0.2, 0.25) is 0 Å². The van der Waals surface area contributed by atoms with Gasteiger partial charge in [-0.3, -0.25) is 0 Å². The number of aromatic hydroxyl groups is 5. The van der Waals surface area contributed by atoms with Gasteiger partial charge in [-0.05, 0) is 0 Å². The van der Waals surface area contributed by atoms with Gasteiger partial charge in [-0.15, -0.1) is 0 Å². The van der Waals surface area contributed by atoms with Gasteiger partial charge in [-0.25, -0.2) is 26.3 Å². The van der Waals surface area contributed by atoms with E-state index in [2.05, 4.69) is 0 Å². The molecule has 0 amide bonds. The van der Waals surface area contributed by atoms with E-state index in [0.717, 1.165) is 0 Å². The highest BCUT2D eigenvalue weighted by Crippen LogP contribution is 2.45. The molecule has 4 aromatic rings. The first-order chi connectivity index (χ1) is 16.6. The van der Waals surface area contributed by atoms with Crippen LogP contribution in [0.15, 0.2) is 0 Å². The fourth-order valence-corrected chi connectivity index (χ4v) is 3.03. The molecule has 4 rings (SSSR count). The summed E-state index contributed by atoms with van der Waals surface area (Å²) in [5.74, 6) is -32.1. The molecule has 0 saturated heterocycles. The number of hydrogen-bond donors (Lipinski definition) is 5. The van der Waals surface area contributed by atoms with Gasteiger partial charge in [0.05, 0.1) is 21.5 Å². The molecule has 16 heteroatoms. The van der Waals surface area contributed by atoms with E-state index in [1.54, 1.807) is 0 Å². The lowest BCUT2D eigenvalue weighted by Crippen LogP contribution is -2.00. The van der Waals surface area contributed by atoms with E-state index in [-0.39, 0.29) is 0 Å². The minimum atomic E-state index is -2.25. The minimum absolute atomic E-state index is 1.26. The van der Waals surface area contributed by atoms with Crippen LogP contribution in [-0.4, -0.2) is 25.5 Å². The Hall–Kier alpha value is -4.37. The Kier molecular flexibility index (Phi) is 6.33. The Bertz CT molecular complexity index is 1260. The van der Waals surface area contributed by atoms with Crippen LogP contribution in [0, 0.1) is 64.0 Å². The lowest BCUT2D eigenvalue weighted by atomic mass is 10.0. The summed E-state index contributed by atoms with van der Waals surface area (Å²) in [4.78, 5) is 0. The largest absolute Gasteiger partial charge is 0.504 e. The molecule has 0 spiro atoms. The number of halogens is 11. The summed E-state index contributed by atoms with van der Waals surface area (Å²) in [5, 5.41) is 39.9. The van der Waals surface area contributed by atoms with Crippen molar-refractivity contribution < 1.29 is 73.8 Å². The van der Waals surface area contributed by atoms with Crippen molar-refractivity contribution in [2.24, 2.45) is 0 Å². The second-order valence-electron chi connectivity index (χ2n) is 6.70. The Morgan fingerprint density at radius 3 is 0.639 bits per heavy atom. The summed E-state index contributed by atoms with van der Waals surface area (Å²) in [7, 11) is 0. The average Bonchev–Trinajstić information content (AvgIpc) is 2.85. The van der Waals surface area contributed by atoms with Crippen LogP contribution >= 0.6 is 0 Å². The first-order valence-electron chi connectivity index (χ1n) is 8.70. The third-order valence-electron chi connectivity index (χ3n) is 4.73. The standard InChI is InChI=1S/C10H2F6O2.C10H3F5O3/c11-3-1-2(10(18)8(16)5(3)13)4(12)6(14)7(15)9(1)17;11-3-1-2(9(17)5(13)4(3)12)10(18)7(15)6(14)8(1)16/h17-18H;16-18H. The monoisotopic (exact) mass is 534 g/mol. The fraction of sp³-hybridized carbons (Fsp3) is 0. The summed E-state index contributed by atoms with van der Waals surface area (Å²) in [6.07, 6.45) is 0. The lowest BCUT2D eigenvalue weighted by Gasteiger charge is -2.10. The van der Waals surface area contributed by atoms with Gasteiger partial charge in [-0.2, -0.15) is 22.0 Å². The lowest BCUT2D eigenvalue weighted by molar-refractivity contribution is 0.367. The summed E-state index contributed by atoms with van der Waals surface area (Å²) in [5.41, 5.74) is 0. The molecular weight excluding hydrogens is 529 g/mol. The first-order valence-corrected chi connectivity index (χ1v) is 8.70. The van der Waals surface area contributed by atoms with Crippen LogP contribution in [0.25, 0.3) is 21.5 Å². The maximum absolute atomic E-state index is 13.3. The summed E-state index contributed by atoms with van der Waals surface area (Å²) in [6, 6.07) is 0. The van der Waals surface area contributed by atoms with E-state index in [1.165, 1.54) is 0 Å². The van der Waals surface area contributed by atoms with Crippen molar-refractivity contribution in [3.63, 3.8) is 0 Å². The van der Waals surface area contributed by atoms with Gasteiger partial charge in [-0.1, -0.05) is 0 Å². The zero-order valence-electron chi connectivity index (χ0n) is 16.4. The minimum Gasteiger partial charge on any atom is -0.504 e. The quantitative estimate of drug-likeness (QED) is 0.113. The molecule has 0 saturated carbocycles. The Balaban J connectivity index is 0.000000201. The zero-order chi connectivity index (χ0) is 27.5. The molecule has 0 bridgehead atoms. The zero-order valence-corrected chi connectivity index (χ0v) is 16.4. The summed E-state index contributed by atoms with van der Waals surface area (Å²) in [6.45, 7) is 0. The molecule has 5 N–H and O–H groups in total. The molecule has 0 aliphatic carbocycles. The number of hydrogen-bond acceptors (Lipinski definition) is 5. The van der Waals surface area contributed by atoms with Gasteiger partial charge in [0.15, 0.2) is 63.7 Å². The second kappa shape index (κ2) is 8.69. The van der Waals surface area contributed by atoms with Gasteiger partial charge in [0.25, 0.3) is 0 Å². The molecule has 0 unspecified atom stereocenters. The molecule has 0 aliphatic heterocycles. The molecule has 36 heavy (non-hydrogen) atoms. The average molecular weight is 534 g/mol. The van der Waals surface area contributed by atoms with Gasteiger partial charge in [0.1, 0.15) is 0 Å². The fourth-order valence-electron chi connectivity index (χ4n) is 3.03. The first kappa shape index (κ1) is 26.2. The SMILES string of the molecule is Oc1c(F)c(F)c(F)c2c(O)c(F)c(F)c(F)c12.Oc1c(F)c(F)c(O)c2c(F)c(F)c(F)c(O)c12. The molecule has 0 aromatic heterocycles. The smallest absolute Gasteiger partial charge is 0.205 e. The Labute approximate surface area is 189 Å². The van der Waals surface area contributed by atoms with Crippen molar-refractivity contribution >= 4 is 21.5 Å². The van der Waals surface area contributed by atoms with Crippen molar-refractivity contribution in [1.29, 1.82) is 0 Å². The normalized spacial score (nSPS) is 11.2. The Morgan fingerprint density at radius 2 is 0.389 bits per heavy atom. The van der Waals surface area contributed by atoms with E-state index in [4.69, 9.17) is 25.5 Å². The number of benzene rings is 4. The van der Waals surface area contributed by atoms with Crippen LogP contribution in [0.3, 0.4) is 0 Å². The molecule has 0 fully saturated rings. The molecule has 4 aromatic carbocycles. The second-order valence-corrected chi connectivity index (χ2v) is 6.70. The topological polar surface area (TPSA) is 101 Å². The van der Waals surface area contributed by atoms with Crippen molar-refractivity contribution in [2.45, 2.75) is 0 Å². The number of fused-ring (bicyclic) bond motifs is 2. The molecule has 0 radical (unpaired) electrons. The van der Waals surface area contributed by atoms with E-state index >= 15 is 0 Å². The maximum atomic E-state index is 13.3. The van der Waals surface area contributed by atoms with Gasteiger partial charge >= 0.3 is 0 Å². The molecule has 0 atom stereocenters. The molecule has 0 heterocycles. The van der Waals surface area contributed by atoms with Crippen molar-refractivity contribution in [3.8, 4) is 28.7 Å². The van der Waals surface area contributed by atoms with Gasteiger partial charge in [0, 0.05) is 0 Å². The van der Waals surface area contributed by atoms with Crippen molar-refractivity contribution in [1.82, 2.24) is 0 Å². The molecular formula is C20H5F11O5. The maximum Gasteiger partial charge on any atom is 0.205 e. The van der Waals surface area contributed by atoms with Crippen LogP contribution in [0.4, 0.5) is 48.3 Å². The predicted octanol–water partition coefficient (Wildman–Crippen LogP) is 5.74. The van der Waals surface area contributed by atoms with Crippen LogP contribution < -0.4 is 0 Å². The summed E-state index contributed by atoms with van der Waals surface area (Å²) >= 11 is 0. The number of phenols is 5. The van der Waals surface area contributed by atoms with E-state index < -0.39 is 114 Å². The number of rotatable bonds is 0. The molecule has 192 valence electrons. The van der Waals surface area contributed by atoms with Crippen molar-refractivity contribution in [2.75, 3.05) is 0 Å². The van der Waals surface area contributed by atoms with E-state index in [1.807, 2.05) is 0 Å². The highest BCUT2D eigenvalue weighted by atomic mass is 19.2. The summed E-state index contributed by atoms with van der Waals surface area (Å²) < 4.78 is 143. The van der Waals surface area contributed by atoms with Gasteiger partial charge < -0.3 is 25.5 Å². The number of phenolic OH excluding ortho intramolecular Hbond substituents is 5. The third kappa shape index (κ3) is 3.47. The Morgan fingerprint density at radius 1 is 0.222 bits per heavy atom. The third-order valence-corrected chi connectivity index (χ3v) is 4.73. The highest BCUT2D eigenvalue weighted by molar-refractivity contribution is 5.98. The molecule has 0 aliphatic rings. The van der Waals surface area contributed by atoms with E-state index in [0.29, 0.717) is 0 Å².